The molecule has 1 aliphatic rings. The van der Waals surface area contributed by atoms with Gasteiger partial charge in [-0.15, -0.1) is 0 Å². The number of anilines is 1. The molecule has 0 spiro atoms. The van der Waals surface area contributed by atoms with E-state index in [1.807, 2.05) is 0 Å². The Morgan fingerprint density at radius 3 is 2.47 bits per heavy atom. The van der Waals surface area contributed by atoms with Crippen molar-refractivity contribution in [3.63, 3.8) is 0 Å². The van der Waals surface area contributed by atoms with Gasteiger partial charge in [-0.3, -0.25) is 0 Å². The molecule has 2 aromatic rings. The molecule has 0 radical (unpaired) electrons. The van der Waals surface area contributed by atoms with E-state index in [0.717, 1.165) is 25.1 Å². The largest absolute Gasteiger partial charge is 0.367 e. The van der Waals surface area contributed by atoms with Crippen LogP contribution in [0.15, 0.2) is 48.5 Å². The Balaban J connectivity index is 1.79. The zero-order chi connectivity index (χ0) is 13.1. The van der Waals surface area contributed by atoms with Crippen molar-refractivity contribution in [3.8, 4) is 6.07 Å². The van der Waals surface area contributed by atoms with Crippen LogP contribution in [-0.2, 0) is 19.4 Å². The minimum Gasteiger partial charge on any atom is -0.367 e. The lowest BCUT2D eigenvalue weighted by Gasteiger charge is -2.30. The lowest BCUT2D eigenvalue weighted by molar-refractivity contribution is 0.731. The van der Waals surface area contributed by atoms with Crippen molar-refractivity contribution in [1.82, 2.24) is 0 Å². The van der Waals surface area contributed by atoms with E-state index < -0.39 is 0 Å². The molecule has 2 nitrogen and oxygen atoms in total. The van der Waals surface area contributed by atoms with Crippen molar-refractivity contribution in [3.05, 3.63) is 65.2 Å². The Morgan fingerprint density at radius 2 is 1.74 bits per heavy atom. The highest BCUT2D eigenvalue weighted by Crippen LogP contribution is 2.24. The van der Waals surface area contributed by atoms with E-state index in [-0.39, 0.29) is 0 Å². The molecule has 0 unspecified atom stereocenters. The van der Waals surface area contributed by atoms with Crippen molar-refractivity contribution in [2.75, 3.05) is 11.4 Å². The molecule has 19 heavy (non-hydrogen) atoms. The average molecular weight is 248 g/mol. The lowest BCUT2D eigenvalue weighted by atomic mass is 9.99. The number of fused-ring (bicyclic) bond motifs is 1. The first kappa shape index (κ1) is 11.8. The summed E-state index contributed by atoms with van der Waals surface area (Å²) in [5, 5.41) is 8.69. The van der Waals surface area contributed by atoms with Crippen LogP contribution in [0.4, 0.5) is 5.69 Å². The van der Waals surface area contributed by atoms with Gasteiger partial charge < -0.3 is 4.90 Å². The summed E-state index contributed by atoms with van der Waals surface area (Å²) in [5.74, 6) is 0. The fourth-order valence-electron chi connectivity index (χ4n) is 2.63. The third-order valence-corrected chi connectivity index (χ3v) is 3.72. The summed E-state index contributed by atoms with van der Waals surface area (Å²) >= 11 is 0. The Hall–Kier alpha value is -2.27. The fourth-order valence-corrected chi connectivity index (χ4v) is 2.63. The van der Waals surface area contributed by atoms with Gasteiger partial charge in [-0.2, -0.15) is 5.26 Å². The van der Waals surface area contributed by atoms with E-state index >= 15 is 0 Å². The molecule has 2 aromatic carbocycles. The van der Waals surface area contributed by atoms with E-state index in [4.69, 9.17) is 5.26 Å². The fraction of sp³-hybridized carbons (Fsp3) is 0.235. The van der Waals surface area contributed by atoms with Gasteiger partial charge in [0.1, 0.15) is 0 Å². The predicted molar refractivity (Wildman–Crippen MR) is 77.0 cm³/mol. The average Bonchev–Trinajstić information content (AvgIpc) is 2.48. The summed E-state index contributed by atoms with van der Waals surface area (Å²) < 4.78 is 0. The van der Waals surface area contributed by atoms with E-state index in [9.17, 15) is 0 Å². The molecule has 0 N–H and O–H groups in total. The van der Waals surface area contributed by atoms with Crippen LogP contribution in [0.3, 0.4) is 0 Å². The SMILES string of the molecule is N#CCc1ccc(N2CCc3ccccc3C2)cc1. The van der Waals surface area contributed by atoms with Gasteiger partial charge in [0.2, 0.25) is 0 Å². The van der Waals surface area contributed by atoms with Gasteiger partial charge in [0.05, 0.1) is 12.5 Å². The van der Waals surface area contributed by atoms with Gasteiger partial charge in [0.25, 0.3) is 0 Å². The van der Waals surface area contributed by atoms with Gasteiger partial charge in [0, 0.05) is 18.8 Å². The molecule has 0 saturated heterocycles. The lowest BCUT2D eigenvalue weighted by Crippen LogP contribution is -2.30. The highest BCUT2D eigenvalue weighted by Gasteiger charge is 2.15. The molecule has 1 heterocycles. The molecular weight excluding hydrogens is 232 g/mol. The monoisotopic (exact) mass is 248 g/mol. The molecule has 94 valence electrons. The molecule has 0 aliphatic carbocycles. The summed E-state index contributed by atoms with van der Waals surface area (Å²) in [6, 6.07) is 19.2. The number of nitriles is 1. The van der Waals surface area contributed by atoms with Crippen LogP contribution in [0.25, 0.3) is 0 Å². The van der Waals surface area contributed by atoms with Crippen molar-refractivity contribution >= 4 is 5.69 Å². The van der Waals surface area contributed by atoms with E-state index in [0.29, 0.717) is 6.42 Å². The first-order chi connectivity index (χ1) is 9.36. The molecule has 1 aliphatic heterocycles. The molecule has 0 fully saturated rings. The number of hydrogen-bond acceptors (Lipinski definition) is 2. The molecule has 0 bridgehead atoms. The Kier molecular flexibility index (Phi) is 3.20. The van der Waals surface area contributed by atoms with Gasteiger partial charge in [-0.25, -0.2) is 0 Å². The molecular formula is C17H16N2. The second-order valence-corrected chi connectivity index (χ2v) is 4.94. The summed E-state index contributed by atoms with van der Waals surface area (Å²) in [5.41, 5.74) is 5.23. The van der Waals surface area contributed by atoms with Crippen LogP contribution in [0.5, 0.6) is 0 Å². The number of nitrogens with zero attached hydrogens (tertiary/aromatic N) is 2. The van der Waals surface area contributed by atoms with Crippen molar-refractivity contribution in [2.24, 2.45) is 0 Å². The zero-order valence-electron chi connectivity index (χ0n) is 10.8. The first-order valence-electron chi connectivity index (χ1n) is 6.64. The van der Waals surface area contributed by atoms with Gasteiger partial charge in [-0.05, 0) is 35.2 Å². The Labute approximate surface area is 113 Å². The molecule has 0 atom stereocenters. The number of hydrogen-bond donors (Lipinski definition) is 0. The molecule has 2 heteroatoms. The van der Waals surface area contributed by atoms with E-state index in [1.165, 1.54) is 16.8 Å². The summed E-state index contributed by atoms with van der Waals surface area (Å²) in [7, 11) is 0. The van der Waals surface area contributed by atoms with Crippen LogP contribution in [0.1, 0.15) is 16.7 Å². The molecule has 0 saturated carbocycles. The maximum absolute atomic E-state index is 8.69. The second kappa shape index (κ2) is 5.16. The molecule has 3 rings (SSSR count). The summed E-state index contributed by atoms with van der Waals surface area (Å²) in [4.78, 5) is 2.40. The van der Waals surface area contributed by atoms with Crippen LogP contribution < -0.4 is 4.90 Å². The molecule has 0 amide bonds. The Bertz CT molecular complexity index is 608. The highest BCUT2D eigenvalue weighted by atomic mass is 15.1. The topological polar surface area (TPSA) is 27.0 Å². The highest BCUT2D eigenvalue weighted by molar-refractivity contribution is 5.50. The van der Waals surface area contributed by atoms with Crippen LogP contribution in [-0.4, -0.2) is 6.54 Å². The third-order valence-electron chi connectivity index (χ3n) is 3.72. The van der Waals surface area contributed by atoms with Gasteiger partial charge in [-0.1, -0.05) is 36.4 Å². The number of rotatable bonds is 2. The summed E-state index contributed by atoms with van der Waals surface area (Å²) in [6.07, 6.45) is 1.60. The maximum Gasteiger partial charge on any atom is 0.0669 e. The maximum atomic E-state index is 8.69. The van der Waals surface area contributed by atoms with Crippen LogP contribution in [0, 0.1) is 11.3 Å². The van der Waals surface area contributed by atoms with E-state index in [2.05, 4.69) is 59.5 Å². The molecule has 0 aromatic heterocycles. The van der Waals surface area contributed by atoms with Gasteiger partial charge in [0.15, 0.2) is 0 Å². The van der Waals surface area contributed by atoms with Crippen LogP contribution >= 0.6 is 0 Å². The quantitative estimate of drug-likeness (QED) is 0.815. The first-order valence-corrected chi connectivity index (χ1v) is 6.64. The second-order valence-electron chi connectivity index (χ2n) is 4.94. The zero-order valence-corrected chi connectivity index (χ0v) is 10.8. The van der Waals surface area contributed by atoms with Crippen molar-refractivity contribution in [1.29, 1.82) is 5.26 Å². The predicted octanol–water partition coefficient (Wildman–Crippen LogP) is 3.32. The van der Waals surface area contributed by atoms with E-state index in [1.54, 1.807) is 0 Å². The van der Waals surface area contributed by atoms with Gasteiger partial charge >= 0.3 is 0 Å². The standard InChI is InChI=1S/C17H16N2/c18-11-9-14-5-7-17(8-6-14)19-12-10-15-3-1-2-4-16(15)13-19/h1-8H,9-10,12-13H2. The van der Waals surface area contributed by atoms with Crippen molar-refractivity contribution in [2.45, 2.75) is 19.4 Å². The Morgan fingerprint density at radius 1 is 1.00 bits per heavy atom. The number of benzene rings is 2. The normalized spacial score (nSPS) is 13.7. The van der Waals surface area contributed by atoms with Crippen LogP contribution in [0.2, 0.25) is 0 Å². The summed E-state index contributed by atoms with van der Waals surface area (Å²) in [6.45, 7) is 2.04. The minimum atomic E-state index is 0.489. The third kappa shape index (κ3) is 2.46. The van der Waals surface area contributed by atoms with Crippen molar-refractivity contribution < 1.29 is 0 Å². The smallest absolute Gasteiger partial charge is 0.0669 e. The minimum absolute atomic E-state index is 0.489.